The van der Waals surface area contributed by atoms with Crippen molar-refractivity contribution in [1.29, 1.82) is 0 Å². The number of hydrogen-bond donors (Lipinski definition) is 0. The fourth-order valence-corrected chi connectivity index (χ4v) is 7.15. The van der Waals surface area contributed by atoms with Gasteiger partial charge in [-0.3, -0.25) is 9.69 Å². The Morgan fingerprint density at radius 3 is 2.81 bits per heavy atom. The lowest BCUT2D eigenvalue weighted by Crippen LogP contribution is -2.49. The Morgan fingerprint density at radius 2 is 2.11 bits per heavy atom. The van der Waals surface area contributed by atoms with Crippen LogP contribution >= 0.6 is 11.3 Å². The van der Waals surface area contributed by atoms with Crippen LogP contribution in [0.5, 0.6) is 0 Å². The molecular weight excluding hydrogens is 382 g/mol. The highest BCUT2D eigenvalue weighted by atomic mass is 32.2. The van der Waals surface area contributed by atoms with E-state index in [9.17, 15) is 13.2 Å². The molecule has 2 aliphatic rings. The molecule has 1 amide bonds. The molecule has 0 aliphatic carbocycles. The molecule has 3 heterocycles. The van der Waals surface area contributed by atoms with Gasteiger partial charge >= 0.3 is 0 Å². The number of nitrogens with zero attached hydrogens (tertiary/aromatic N) is 3. The lowest BCUT2D eigenvalue weighted by molar-refractivity contribution is -0.137. The minimum Gasteiger partial charge on any atom is -0.340 e. The zero-order valence-corrected chi connectivity index (χ0v) is 17.3. The molecule has 6 nitrogen and oxygen atoms in total. The van der Waals surface area contributed by atoms with Gasteiger partial charge in [-0.1, -0.05) is 12.1 Å². The van der Waals surface area contributed by atoms with E-state index in [4.69, 9.17) is 4.98 Å². The summed E-state index contributed by atoms with van der Waals surface area (Å²) in [6, 6.07) is 7.80. The molecule has 0 saturated carbocycles. The maximum Gasteiger partial charge on any atom is 0.239 e. The largest absolute Gasteiger partial charge is 0.340 e. The highest BCUT2D eigenvalue weighted by Gasteiger charge is 2.39. The van der Waals surface area contributed by atoms with Crippen molar-refractivity contribution < 1.29 is 13.2 Å². The zero-order valence-electron chi connectivity index (χ0n) is 15.7. The fourth-order valence-electron chi connectivity index (χ4n) is 4.25. The Bertz CT molecular complexity index is 923. The van der Waals surface area contributed by atoms with E-state index in [0.29, 0.717) is 6.42 Å². The van der Waals surface area contributed by atoms with Crippen molar-refractivity contribution in [2.75, 3.05) is 25.1 Å². The molecule has 4 rings (SSSR count). The monoisotopic (exact) mass is 407 g/mol. The molecule has 3 atom stereocenters. The summed E-state index contributed by atoms with van der Waals surface area (Å²) in [5.41, 5.74) is 1.01. The van der Waals surface area contributed by atoms with Gasteiger partial charge in [-0.05, 0) is 44.9 Å². The molecule has 2 aromatic rings. The van der Waals surface area contributed by atoms with Crippen molar-refractivity contribution in [3.8, 4) is 0 Å². The minimum atomic E-state index is -3.00. The zero-order chi connectivity index (χ0) is 19.2. The summed E-state index contributed by atoms with van der Waals surface area (Å²) in [7, 11) is -1.26. The van der Waals surface area contributed by atoms with Crippen LogP contribution < -0.4 is 0 Å². The van der Waals surface area contributed by atoms with Gasteiger partial charge in [0.15, 0.2) is 9.84 Å². The number of thiazole rings is 1. The van der Waals surface area contributed by atoms with Crippen LogP contribution in [0.4, 0.5) is 0 Å². The first-order valence-corrected chi connectivity index (χ1v) is 12.1. The van der Waals surface area contributed by atoms with E-state index in [2.05, 4.69) is 11.0 Å². The normalized spacial score (nSPS) is 26.4. The number of rotatable bonds is 4. The predicted molar refractivity (Wildman–Crippen MR) is 108 cm³/mol. The quantitative estimate of drug-likeness (QED) is 0.779. The molecule has 0 spiro atoms. The summed E-state index contributed by atoms with van der Waals surface area (Å²) in [5.74, 6) is 0.274. The number of aromatic nitrogens is 1. The topological polar surface area (TPSA) is 70.6 Å². The van der Waals surface area contributed by atoms with Crippen LogP contribution in [0.1, 0.15) is 37.2 Å². The summed E-state index contributed by atoms with van der Waals surface area (Å²) in [6.45, 7) is 2.80. The van der Waals surface area contributed by atoms with Crippen molar-refractivity contribution in [2.45, 2.75) is 44.3 Å². The summed E-state index contributed by atoms with van der Waals surface area (Å²) in [4.78, 5) is 21.7. The molecule has 2 saturated heterocycles. The van der Waals surface area contributed by atoms with Crippen molar-refractivity contribution in [3.63, 3.8) is 0 Å². The van der Waals surface area contributed by atoms with E-state index >= 15 is 0 Å². The van der Waals surface area contributed by atoms with Crippen molar-refractivity contribution >= 4 is 37.3 Å². The minimum absolute atomic E-state index is 0.00473. The van der Waals surface area contributed by atoms with E-state index in [0.717, 1.165) is 29.9 Å². The van der Waals surface area contributed by atoms with E-state index in [1.54, 1.807) is 23.3 Å². The van der Waals surface area contributed by atoms with Crippen molar-refractivity contribution in [3.05, 3.63) is 29.3 Å². The van der Waals surface area contributed by atoms with Crippen molar-refractivity contribution in [2.24, 2.45) is 0 Å². The average molecular weight is 408 g/mol. The first-order valence-electron chi connectivity index (χ1n) is 9.44. The van der Waals surface area contributed by atoms with Crippen LogP contribution in [-0.4, -0.2) is 66.3 Å². The number of fused-ring (bicyclic) bond motifs is 1. The maximum atomic E-state index is 13.0. The van der Waals surface area contributed by atoms with Crippen molar-refractivity contribution in [1.82, 2.24) is 14.8 Å². The number of carbonyl (C=O) groups is 1. The van der Waals surface area contributed by atoms with Gasteiger partial charge in [-0.15, -0.1) is 11.3 Å². The second-order valence-electron chi connectivity index (χ2n) is 7.60. The Hall–Kier alpha value is -1.51. The molecule has 2 aliphatic heterocycles. The molecule has 1 aromatic carbocycles. The van der Waals surface area contributed by atoms with E-state index in [1.165, 1.54) is 4.70 Å². The molecule has 0 bridgehead atoms. The predicted octanol–water partition coefficient (Wildman–Crippen LogP) is 2.47. The first-order chi connectivity index (χ1) is 12.9. The van der Waals surface area contributed by atoms with Crippen LogP contribution in [-0.2, 0) is 14.6 Å². The molecule has 3 unspecified atom stereocenters. The van der Waals surface area contributed by atoms with Gasteiger partial charge in [0.1, 0.15) is 5.01 Å². The Labute approximate surface area is 164 Å². The Balaban J connectivity index is 1.51. The van der Waals surface area contributed by atoms with E-state index in [-0.39, 0.29) is 35.5 Å². The molecule has 1 aromatic heterocycles. The molecule has 8 heteroatoms. The standard InChI is InChI=1S/C19H25N3O3S2/c1-13(19(23)21(2)14-9-11-27(24,25)12-14)22-10-5-7-16(22)18-20-15-6-3-4-8-17(15)26-18/h3-4,6,8,13-14,16H,5,7,9-12H2,1-2H3. The number of para-hydroxylation sites is 1. The molecular formula is C19H25N3O3S2. The van der Waals surface area contributed by atoms with Crippen LogP contribution in [0.25, 0.3) is 10.2 Å². The second-order valence-corrected chi connectivity index (χ2v) is 10.9. The van der Waals surface area contributed by atoms with Gasteiger partial charge in [0.2, 0.25) is 5.91 Å². The third kappa shape index (κ3) is 3.62. The molecule has 0 radical (unpaired) electrons. The lowest BCUT2D eigenvalue weighted by Gasteiger charge is -2.33. The molecule has 0 N–H and O–H groups in total. The van der Waals surface area contributed by atoms with Gasteiger partial charge in [-0.25, -0.2) is 13.4 Å². The SMILES string of the molecule is CC(C(=O)N(C)C1CCS(=O)(=O)C1)N1CCCC1c1nc2ccccc2s1. The Morgan fingerprint density at radius 1 is 1.33 bits per heavy atom. The number of sulfone groups is 1. The van der Waals surface area contributed by atoms with Gasteiger partial charge in [0, 0.05) is 13.1 Å². The lowest BCUT2D eigenvalue weighted by atomic mass is 10.1. The van der Waals surface area contributed by atoms with Crippen LogP contribution in [0, 0.1) is 0 Å². The first kappa shape index (κ1) is 18.8. The second kappa shape index (κ2) is 7.14. The average Bonchev–Trinajstić information content (AvgIpc) is 3.36. The van der Waals surface area contributed by atoms with Gasteiger partial charge in [0.25, 0.3) is 0 Å². The van der Waals surface area contributed by atoms with E-state index < -0.39 is 9.84 Å². The fraction of sp³-hybridized carbons (Fsp3) is 0.579. The van der Waals surface area contributed by atoms with E-state index in [1.807, 2.05) is 25.1 Å². The van der Waals surface area contributed by atoms with Gasteiger partial charge in [-0.2, -0.15) is 0 Å². The highest BCUT2D eigenvalue weighted by molar-refractivity contribution is 7.91. The van der Waals surface area contributed by atoms with Crippen LogP contribution in [0.15, 0.2) is 24.3 Å². The molecule has 27 heavy (non-hydrogen) atoms. The van der Waals surface area contributed by atoms with Gasteiger partial charge in [0.05, 0.1) is 33.8 Å². The Kier molecular flexibility index (Phi) is 4.98. The van der Waals surface area contributed by atoms with Crippen LogP contribution in [0.2, 0.25) is 0 Å². The summed E-state index contributed by atoms with van der Waals surface area (Å²) < 4.78 is 24.7. The maximum absolute atomic E-state index is 13.0. The number of benzene rings is 1. The number of amides is 1. The summed E-state index contributed by atoms with van der Waals surface area (Å²) >= 11 is 1.70. The summed E-state index contributed by atoms with van der Waals surface area (Å²) in [6.07, 6.45) is 2.58. The van der Waals surface area contributed by atoms with Gasteiger partial charge < -0.3 is 4.90 Å². The van der Waals surface area contributed by atoms with Crippen LogP contribution in [0.3, 0.4) is 0 Å². The third-order valence-electron chi connectivity index (χ3n) is 5.85. The smallest absolute Gasteiger partial charge is 0.239 e. The molecule has 146 valence electrons. The highest BCUT2D eigenvalue weighted by Crippen LogP contribution is 2.38. The number of hydrogen-bond acceptors (Lipinski definition) is 6. The third-order valence-corrected chi connectivity index (χ3v) is 8.74. The number of carbonyl (C=O) groups excluding carboxylic acids is 1. The number of likely N-dealkylation sites (tertiary alicyclic amines) is 1. The summed E-state index contributed by atoms with van der Waals surface area (Å²) in [5, 5.41) is 1.07. The number of likely N-dealkylation sites (N-methyl/N-ethyl adjacent to an activating group) is 1. The molecule has 2 fully saturated rings.